The summed E-state index contributed by atoms with van der Waals surface area (Å²) in [6, 6.07) is 4.90. The smallest absolute Gasteiger partial charge is 0.322 e. The molecular weight excluding hydrogens is 304 g/mol. The molecule has 0 saturated carbocycles. The van der Waals surface area contributed by atoms with Gasteiger partial charge < -0.3 is 10.2 Å². The van der Waals surface area contributed by atoms with Crippen LogP contribution in [0.3, 0.4) is 0 Å². The number of amides is 4. The first-order valence-electron chi connectivity index (χ1n) is 6.84. The fraction of sp³-hybridized carbons (Fsp3) is 0.286. The number of likely N-dealkylation sites (tertiary alicyclic amines) is 1. The van der Waals surface area contributed by atoms with E-state index in [1.165, 1.54) is 11.3 Å². The second-order valence-corrected chi connectivity index (χ2v) is 6.39. The molecule has 1 aromatic heterocycles. The summed E-state index contributed by atoms with van der Waals surface area (Å²) in [6.45, 7) is 0.625. The number of urea groups is 1. The molecule has 2 aliphatic heterocycles. The van der Waals surface area contributed by atoms with Crippen molar-refractivity contribution < 1.29 is 14.4 Å². The predicted molar refractivity (Wildman–Crippen MR) is 79.5 cm³/mol. The van der Waals surface area contributed by atoms with Gasteiger partial charge in [0.15, 0.2) is 0 Å². The van der Waals surface area contributed by atoms with Crippen molar-refractivity contribution in [3.05, 3.63) is 29.3 Å². The quantitative estimate of drug-likeness (QED) is 0.758. The molecule has 2 fully saturated rings. The molecule has 1 atom stereocenters. The van der Waals surface area contributed by atoms with Crippen LogP contribution in [0.1, 0.15) is 16.8 Å². The number of imide groups is 1. The highest BCUT2D eigenvalue weighted by molar-refractivity contribution is 7.16. The maximum absolute atomic E-state index is 12.6. The van der Waals surface area contributed by atoms with Gasteiger partial charge in [0, 0.05) is 12.1 Å². The predicted octanol–water partition coefficient (Wildman–Crippen LogP) is 0.720. The second-order valence-electron chi connectivity index (χ2n) is 5.50. The molecule has 0 aliphatic carbocycles. The molecule has 2 N–H and O–H groups in total. The molecule has 0 radical (unpaired) electrons. The van der Waals surface area contributed by atoms with Crippen LogP contribution < -0.4 is 10.6 Å². The first kappa shape index (κ1) is 13.2. The van der Waals surface area contributed by atoms with Gasteiger partial charge in [-0.2, -0.15) is 0 Å². The summed E-state index contributed by atoms with van der Waals surface area (Å²) in [7, 11) is 0. The summed E-state index contributed by atoms with van der Waals surface area (Å²) in [4.78, 5) is 41.6. The van der Waals surface area contributed by atoms with Crippen LogP contribution in [0.15, 0.2) is 23.7 Å². The Hall–Kier alpha value is -2.48. The van der Waals surface area contributed by atoms with Crippen molar-refractivity contribution in [3.63, 3.8) is 0 Å². The van der Waals surface area contributed by atoms with Crippen LogP contribution in [0.25, 0.3) is 10.2 Å². The average molecular weight is 316 g/mol. The van der Waals surface area contributed by atoms with Crippen molar-refractivity contribution in [1.82, 2.24) is 20.5 Å². The number of hydrogen-bond acceptors (Lipinski definition) is 5. The molecule has 1 spiro atoms. The van der Waals surface area contributed by atoms with Crippen LogP contribution in [0.2, 0.25) is 0 Å². The topological polar surface area (TPSA) is 91.4 Å². The Balaban J connectivity index is 1.59. The summed E-state index contributed by atoms with van der Waals surface area (Å²) < 4.78 is 1.02. The lowest BCUT2D eigenvalue weighted by Gasteiger charge is -2.21. The zero-order valence-corrected chi connectivity index (χ0v) is 12.3. The minimum atomic E-state index is -0.975. The number of hydrogen-bond donors (Lipinski definition) is 2. The van der Waals surface area contributed by atoms with Crippen molar-refractivity contribution in [1.29, 1.82) is 0 Å². The highest BCUT2D eigenvalue weighted by Gasteiger charge is 2.51. The maximum Gasteiger partial charge on any atom is 0.322 e. The van der Waals surface area contributed by atoms with Gasteiger partial charge in [0.2, 0.25) is 0 Å². The van der Waals surface area contributed by atoms with Gasteiger partial charge in [0.05, 0.1) is 22.3 Å². The van der Waals surface area contributed by atoms with Gasteiger partial charge in [0.1, 0.15) is 5.54 Å². The van der Waals surface area contributed by atoms with Crippen LogP contribution in [-0.2, 0) is 4.79 Å². The highest BCUT2D eigenvalue weighted by atomic mass is 32.1. The van der Waals surface area contributed by atoms with E-state index in [-0.39, 0.29) is 18.4 Å². The number of carbonyl (C=O) groups excluding carboxylic acids is 3. The van der Waals surface area contributed by atoms with Gasteiger partial charge in [0.25, 0.3) is 11.8 Å². The Morgan fingerprint density at radius 2 is 2.23 bits per heavy atom. The van der Waals surface area contributed by atoms with Gasteiger partial charge in [-0.15, -0.1) is 11.3 Å². The minimum absolute atomic E-state index is 0.152. The summed E-state index contributed by atoms with van der Waals surface area (Å²) in [5.74, 6) is -0.511. The molecule has 0 bridgehead atoms. The summed E-state index contributed by atoms with van der Waals surface area (Å²) >= 11 is 1.52. The largest absolute Gasteiger partial charge is 0.336 e. The molecule has 2 saturated heterocycles. The van der Waals surface area contributed by atoms with E-state index in [1.807, 2.05) is 6.07 Å². The fourth-order valence-corrected chi connectivity index (χ4v) is 3.63. The number of carbonyl (C=O) groups is 3. The Morgan fingerprint density at radius 1 is 1.36 bits per heavy atom. The second kappa shape index (κ2) is 4.51. The standard InChI is InChI=1S/C14H12N4O3S/c19-11(8-1-2-10-9(5-8)15-7-22-10)18-4-3-14(6-18)12(20)16-13(21)17-14/h1-2,5,7H,3-4,6H2,(H2,16,17,20,21)/t14-/m0/s1. The van der Waals surface area contributed by atoms with Crippen LogP contribution in [0.4, 0.5) is 4.79 Å². The van der Waals surface area contributed by atoms with E-state index in [2.05, 4.69) is 15.6 Å². The van der Waals surface area contributed by atoms with E-state index < -0.39 is 11.6 Å². The molecule has 0 unspecified atom stereocenters. The molecule has 4 rings (SSSR count). The Morgan fingerprint density at radius 3 is 3.00 bits per heavy atom. The number of nitrogens with zero attached hydrogens (tertiary/aromatic N) is 2. The molecule has 2 aromatic rings. The molecule has 7 nitrogen and oxygen atoms in total. The SMILES string of the molecule is O=C1NC(=O)[C@@]2(CCN(C(=O)c3ccc4scnc4c3)C2)N1. The first-order chi connectivity index (χ1) is 10.6. The number of nitrogens with one attached hydrogen (secondary N) is 2. The molecule has 8 heteroatoms. The lowest BCUT2D eigenvalue weighted by molar-refractivity contribution is -0.123. The van der Waals surface area contributed by atoms with Crippen LogP contribution in [0.5, 0.6) is 0 Å². The highest BCUT2D eigenvalue weighted by Crippen LogP contribution is 2.27. The number of fused-ring (bicyclic) bond motifs is 1. The zero-order chi connectivity index (χ0) is 15.3. The van der Waals surface area contributed by atoms with E-state index >= 15 is 0 Å². The van der Waals surface area contributed by atoms with E-state index in [0.29, 0.717) is 18.5 Å². The molecule has 22 heavy (non-hydrogen) atoms. The van der Waals surface area contributed by atoms with Gasteiger partial charge >= 0.3 is 6.03 Å². The lowest BCUT2D eigenvalue weighted by Crippen LogP contribution is -2.49. The van der Waals surface area contributed by atoms with Gasteiger partial charge in [-0.1, -0.05) is 0 Å². The van der Waals surface area contributed by atoms with Crippen molar-refractivity contribution in [2.75, 3.05) is 13.1 Å². The molecule has 1 aromatic carbocycles. The van der Waals surface area contributed by atoms with Crippen LogP contribution >= 0.6 is 11.3 Å². The van der Waals surface area contributed by atoms with E-state index in [9.17, 15) is 14.4 Å². The number of thiazole rings is 1. The molecule has 3 heterocycles. The third-order valence-electron chi connectivity index (χ3n) is 4.15. The van der Waals surface area contributed by atoms with Crippen LogP contribution in [0, 0.1) is 0 Å². The monoisotopic (exact) mass is 316 g/mol. The minimum Gasteiger partial charge on any atom is -0.336 e. The Bertz CT molecular complexity index is 817. The molecule has 112 valence electrons. The third kappa shape index (κ3) is 1.87. The molecule has 2 aliphatic rings. The third-order valence-corrected chi connectivity index (χ3v) is 4.96. The summed E-state index contributed by atoms with van der Waals surface area (Å²) in [5, 5.41) is 4.87. The van der Waals surface area contributed by atoms with Gasteiger partial charge in [-0.3, -0.25) is 14.9 Å². The Kier molecular flexibility index (Phi) is 2.70. The fourth-order valence-electron chi connectivity index (χ4n) is 2.97. The van der Waals surface area contributed by atoms with Crippen molar-refractivity contribution in [2.45, 2.75) is 12.0 Å². The Labute approximate surface area is 129 Å². The van der Waals surface area contributed by atoms with Crippen LogP contribution in [-0.4, -0.2) is 46.4 Å². The summed E-state index contributed by atoms with van der Waals surface area (Å²) in [5.41, 5.74) is 2.09. The van der Waals surface area contributed by atoms with Gasteiger partial charge in [-0.25, -0.2) is 9.78 Å². The van der Waals surface area contributed by atoms with Crippen molar-refractivity contribution >= 4 is 39.4 Å². The summed E-state index contributed by atoms with van der Waals surface area (Å²) in [6.07, 6.45) is 0.426. The van der Waals surface area contributed by atoms with E-state index in [1.54, 1.807) is 22.5 Å². The normalized spacial score (nSPS) is 24.1. The lowest BCUT2D eigenvalue weighted by atomic mass is 9.99. The van der Waals surface area contributed by atoms with E-state index in [0.717, 1.165) is 10.2 Å². The van der Waals surface area contributed by atoms with Gasteiger partial charge in [-0.05, 0) is 24.6 Å². The first-order valence-corrected chi connectivity index (χ1v) is 7.71. The molecule has 4 amide bonds. The number of aromatic nitrogens is 1. The zero-order valence-electron chi connectivity index (χ0n) is 11.5. The average Bonchev–Trinajstić information content (AvgIpc) is 3.18. The van der Waals surface area contributed by atoms with Crippen molar-refractivity contribution in [3.8, 4) is 0 Å². The number of benzene rings is 1. The van der Waals surface area contributed by atoms with Crippen molar-refractivity contribution in [2.24, 2.45) is 0 Å². The maximum atomic E-state index is 12.6. The molecular formula is C14H12N4O3S. The number of rotatable bonds is 1. The van der Waals surface area contributed by atoms with E-state index in [4.69, 9.17) is 0 Å².